The molecule has 10 heteroatoms. The Bertz CT molecular complexity index is 1490. The van der Waals surface area contributed by atoms with Gasteiger partial charge in [-0.25, -0.2) is 14.1 Å². The maximum atomic E-state index is 14.7. The lowest BCUT2D eigenvalue weighted by molar-refractivity contribution is -0.138. The van der Waals surface area contributed by atoms with Crippen LogP contribution in [-0.2, 0) is 23.9 Å². The molecule has 2 aliphatic carbocycles. The highest BCUT2D eigenvalue weighted by molar-refractivity contribution is 6.24. The molecule has 2 heterocycles. The van der Waals surface area contributed by atoms with Crippen molar-refractivity contribution in [2.24, 2.45) is 29.1 Å². The number of fused-ring (bicyclic) bond motifs is 4. The van der Waals surface area contributed by atoms with Gasteiger partial charge in [-0.1, -0.05) is 42.0 Å². The van der Waals surface area contributed by atoms with E-state index < -0.39 is 76.3 Å². The number of rotatable bonds is 2. The first-order valence-corrected chi connectivity index (χ1v) is 12.7. The lowest BCUT2D eigenvalue weighted by Crippen LogP contribution is -2.49. The summed E-state index contributed by atoms with van der Waals surface area (Å²) in [5.74, 6) is -8.30. The largest absolute Gasteiger partial charge is 0.505 e. The summed E-state index contributed by atoms with van der Waals surface area (Å²) in [6.07, 6.45) is 0.838. The van der Waals surface area contributed by atoms with Crippen LogP contribution in [0.15, 0.2) is 60.2 Å². The molecule has 6 rings (SSSR count). The van der Waals surface area contributed by atoms with Gasteiger partial charge in [0.25, 0.3) is 0 Å². The van der Waals surface area contributed by atoms with Crippen LogP contribution in [0, 0.1) is 34.9 Å². The van der Waals surface area contributed by atoms with E-state index in [1.54, 1.807) is 43.3 Å². The summed E-state index contributed by atoms with van der Waals surface area (Å²) in [4.78, 5) is 68.6. The molecule has 9 nitrogen and oxygen atoms in total. The van der Waals surface area contributed by atoms with Crippen LogP contribution in [0.5, 0.6) is 5.75 Å². The average Bonchev–Trinajstić information content (AvgIpc) is 3.30. The second-order valence-electron chi connectivity index (χ2n) is 10.7. The molecule has 2 saturated heterocycles. The van der Waals surface area contributed by atoms with Gasteiger partial charge in [0.15, 0.2) is 11.6 Å². The summed E-state index contributed by atoms with van der Waals surface area (Å²) in [7, 11) is 1.07. The number of phenolic OH excluding ortho intramolecular Hbond substituents is 1. The minimum atomic E-state index is -1.42. The topological polar surface area (TPSA) is 121 Å². The maximum absolute atomic E-state index is 14.7. The van der Waals surface area contributed by atoms with E-state index in [0.717, 1.165) is 18.1 Å². The Balaban J connectivity index is 1.54. The molecule has 2 aromatic rings. The van der Waals surface area contributed by atoms with Crippen LogP contribution in [0.3, 0.4) is 0 Å². The van der Waals surface area contributed by atoms with Crippen LogP contribution in [-0.4, -0.2) is 46.8 Å². The van der Waals surface area contributed by atoms with Crippen molar-refractivity contribution in [3.63, 3.8) is 0 Å². The van der Waals surface area contributed by atoms with E-state index in [1.807, 2.05) is 0 Å². The molecule has 0 aromatic heterocycles. The van der Waals surface area contributed by atoms with Gasteiger partial charge in [0.2, 0.25) is 23.6 Å². The molecule has 6 unspecified atom stereocenters. The second kappa shape index (κ2) is 8.59. The SMILES string of the molecule is COC(=O)N1C(=O)C2CC=C3C(CC4C(=O)N(c5ccccc5)C(=O)C4(C)C3c3cccc(F)c3O)C2C1=O. The Kier molecular flexibility index (Phi) is 5.50. The number of nitrogens with zero attached hydrogens (tertiary/aromatic N) is 2. The van der Waals surface area contributed by atoms with Crippen LogP contribution in [0.4, 0.5) is 14.9 Å². The van der Waals surface area contributed by atoms with E-state index in [2.05, 4.69) is 4.74 Å². The first-order chi connectivity index (χ1) is 18.6. The summed E-state index contributed by atoms with van der Waals surface area (Å²) in [5, 5.41) is 10.8. The van der Waals surface area contributed by atoms with E-state index in [4.69, 9.17) is 0 Å². The molecule has 39 heavy (non-hydrogen) atoms. The third-order valence-corrected chi connectivity index (χ3v) is 8.98. The molecular formula is C29H25FN2O7. The van der Waals surface area contributed by atoms with Crippen molar-refractivity contribution in [3.8, 4) is 5.75 Å². The number of hydrogen-bond acceptors (Lipinski definition) is 7. The van der Waals surface area contributed by atoms with E-state index >= 15 is 0 Å². The van der Waals surface area contributed by atoms with Gasteiger partial charge >= 0.3 is 6.09 Å². The minimum Gasteiger partial charge on any atom is -0.505 e. The molecule has 0 spiro atoms. The van der Waals surface area contributed by atoms with Crippen molar-refractivity contribution >= 4 is 35.4 Å². The van der Waals surface area contributed by atoms with E-state index in [-0.39, 0.29) is 18.4 Å². The smallest absolute Gasteiger partial charge is 0.423 e. The van der Waals surface area contributed by atoms with Crippen LogP contribution in [0.2, 0.25) is 0 Å². The number of hydrogen-bond donors (Lipinski definition) is 1. The standard InChI is InChI=1S/C29H25FN2O7/c1-29-19(25(35)31(27(29)37)14-7-4-3-5-8-14)13-18-15(22(29)17-9-6-10-20(30)23(17)33)11-12-16-21(18)26(36)32(24(16)34)28(38)39-2/h3-11,16,18-19,21-22,33H,12-13H2,1-2H3. The number of carbonyl (C=O) groups is 5. The molecule has 1 N–H and O–H groups in total. The Labute approximate surface area is 222 Å². The number of imide groups is 4. The number of aromatic hydroxyl groups is 1. The number of methoxy groups -OCH3 is 1. The van der Waals surface area contributed by atoms with E-state index in [1.165, 1.54) is 12.1 Å². The number of allylic oxidation sites excluding steroid dienone is 2. The van der Waals surface area contributed by atoms with E-state index in [9.17, 15) is 33.5 Å². The second-order valence-corrected chi connectivity index (χ2v) is 10.7. The highest BCUT2D eigenvalue weighted by Crippen LogP contribution is 2.64. The van der Waals surface area contributed by atoms with Crippen LogP contribution in [0.25, 0.3) is 0 Å². The molecule has 3 fully saturated rings. The fourth-order valence-corrected chi connectivity index (χ4v) is 7.22. The van der Waals surface area contributed by atoms with Gasteiger partial charge in [-0.15, -0.1) is 0 Å². The fourth-order valence-electron chi connectivity index (χ4n) is 7.22. The van der Waals surface area contributed by atoms with Gasteiger partial charge in [-0.3, -0.25) is 19.2 Å². The predicted molar refractivity (Wildman–Crippen MR) is 133 cm³/mol. The number of phenols is 1. The molecule has 0 bridgehead atoms. The highest BCUT2D eigenvalue weighted by atomic mass is 19.1. The number of amides is 5. The number of anilines is 1. The normalized spacial score (nSPS) is 31.6. The van der Waals surface area contributed by atoms with Gasteiger partial charge in [0.1, 0.15) is 0 Å². The summed E-state index contributed by atoms with van der Waals surface area (Å²) >= 11 is 0. The van der Waals surface area contributed by atoms with Crippen molar-refractivity contribution in [2.45, 2.75) is 25.7 Å². The first-order valence-electron chi connectivity index (χ1n) is 12.7. The average molecular weight is 533 g/mol. The summed E-state index contributed by atoms with van der Waals surface area (Å²) in [5.41, 5.74) is -0.348. The zero-order chi connectivity index (χ0) is 27.8. The molecule has 200 valence electrons. The van der Waals surface area contributed by atoms with Gasteiger partial charge in [0, 0.05) is 11.5 Å². The van der Waals surface area contributed by atoms with Crippen molar-refractivity contribution in [1.82, 2.24) is 4.90 Å². The molecule has 0 radical (unpaired) electrons. The third kappa shape index (κ3) is 3.20. The summed E-state index contributed by atoms with van der Waals surface area (Å²) < 4.78 is 19.3. The molecule has 2 aromatic carbocycles. The Morgan fingerprint density at radius 1 is 1.00 bits per heavy atom. The molecule has 6 atom stereocenters. The molecular weight excluding hydrogens is 507 g/mol. The number of ether oxygens (including phenoxy) is 1. The van der Waals surface area contributed by atoms with Crippen molar-refractivity contribution < 1.29 is 38.2 Å². The van der Waals surface area contributed by atoms with Gasteiger partial charge in [-0.05, 0) is 43.9 Å². The number of halogens is 1. The molecule has 2 aliphatic heterocycles. The molecule has 1 saturated carbocycles. The monoisotopic (exact) mass is 532 g/mol. The highest BCUT2D eigenvalue weighted by Gasteiger charge is 2.68. The maximum Gasteiger partial charge on any atom is 0.423 e. The lowest BCUT2D eigenvalue weighted by atomic mass is 9.51. The summed E-state index contributed by atoms with van der Waals surface area (Å²) in [6.45, 7) is 1.64. The van der Waals surface area contributed by atoms with Crippen LogP contribution < -0.4 is 4.90 Å². The van der Waals surface area contributed by atoms with Crippen LogP contribution in [0.1, 0.15) is 31.2 Å². The number of benzene rings is 2. The predicted octanol–water partition coefficient (Wildman–Crippen LogP) is 3.53. The van der Waals surface area contributed by atoms with Crippen molar-refractivity contribution in [3.05, 3.63) is 71.6 Å². The molecule has 4 aliphatic rings. The quantitative estimate of drug-likeness (QED) is 0.464. The van der Waals surface area contributed by atoms with Gasteiger partial charge in [-0.2, -0.15) is 4.90 Å². The lowest BCUT2D eigenvalue weighted by Gasteiger charge is -2.49. The Morgan fingerprint density at radius 3 is 2.41 bits per heavy atom. The third-order valence-electron chi connectivity index (χ3n) is 8.98. The number of carbonyl (C=O) groups excluding carboxylic acids is 5. The zero-order valence-electron chi connectivity index (χ0n) is 21.2. The van der Waals surface area contributed by atoms with Crippen molar-refractivity contribution in [1.29, 1.82) is 0 Å². The zero-order valence-corrected chi connectivity index (χ0v) is 21.2. The number of para-hydroxylation sites is 2. The van der Waals surface area contributed by atoms with E-state index in [0.29, 0.717) is 16.2 Å². The van der Waals surface area contributed by atoms with Crippen molar-refractivity contribution in [2.75, 3.05) is 12.0 Å². The summed E-state index contributed by atoms with van der Waals surface area (Å²) in [6, 6.07) is 12.5. The Morgan fingerprint density at radius 2 is 1.72 bits per heavy atom. The minimum absolute atomic E-state index is 0.0675. The molecule has 5 amide bonds. The van der Waals surface area contributed by atoms with Gasteiger partial charge < -0.3 is 9.84 Å². The number of likely N-dealkylation sites (tertiary alicyclic amines) is 1. The van der Waals surface area contributed by atoms with Crippen LogP contribution >= 0.6 is 0 Å². The fraction of sp³-hybridized carbons (Fsp3) is 0.345. The first kappa shape index (κ1) is 25.0. The van der Waals surface area contributed by atoms with Gasteiger partial charge in [0.05, 0.1) is 36.0 Å². The Hall–Kier alpha value is -4.34.